The highest BCUT2D eigenvalue weighted by Crippen LogP contribution is 2.22. The first kappa shape index (κ1) is 15.5. The fraction of sp³-hybridized carbons (Fsp3) is 0.438. The van der Waals surface area contributed by atoms with Crippen molar-refractivity contribution in [1.29, 1.82) is 0 Å². The summed E-state index contributed by atoms with van der Waals surface area (Å²) in [4.78, 5) is 4.61. The van der Waals surface area contributed by atoms with Crippen molar-refractivity contribution >= 4 is 23.1 Å². The molecule has 0 radical (unpaired) electrons. The summed E-state index contributed by atoms with van der Waals surface area (Å²) >= 11 is 3.45. The molecule has 0 amide bonds. The van der Waals surface area contributed by atoms with E-state index in [2.05, 4.69) is 36.3 Å². The zero-order chi connectivity index (χ0) is 14.4. The molecule has 1 atom stereocenters. The molecule has 20 heavy (non-hydrogen) atoms. The molecular weight excluding hydrogens is 286 g/mol. The van der Waals surface area contributed by atoms with Gasteiger partial charge < -0.3 is 5.11 Å². The maximum Gasteiger partial charge on any atom is 0.0958 e. The van der Waals surface area contributed by atoms with Crippen LogP contribution in [0.1, 0.15) is 18.9 Å². The lowest BCUT2D eigenvalue weighted by molar-refractivity contribution is 0.200. The van der Waals surface area contributed by atoms with E-state index in [1.807, 2.05) is 30.0 Å². The minimum atomic E-state index is -0.298. The van der Waals surface area contributed by atoms with Gasteiger partial charge in [0, 0.05) is 23.1 Å². The quantitative estimate of drug-likeness (QED) is 0.836. The topological polar surface area (TPSA) is 33.1 Å². The molecule has 4 heteroatoms. The third kappa shape index (κ3) is 4.93. The number of rotatable bonds is 7. The zero-order valence-electron chi connectivity index (χ0n) is 12.0. The number of thioether (sulfide) groups is 1. The molecule has 1 N–H and O–H groups in total. The second-order valence-corrected chi connectivity index (χ2v) is 7.30. The Balaban J connectivity index is 1.86. The van der Waals surface area contributed by atoms with Crippen molar-refractivity contribution in [2.75, 3.05) is 11.5 Å². The highest BCUT2D eigenvalue weighted by molar-refractivity contribution is 7.99. The maximum absolute atomic E-state index is 10.0. The number of aliphatic hydroxyl groups excluding tert-OH is 1. The molecule has 2 nitrogen and oxygen atoms in total. The second kappa shape index (κ2) is 7.81. The van der Waals surface area contributed by atoms with Gasteiger partial charge in [-0.15, -0.1) is 11.3 Å². The minimum absolute atomic E-state index is 0.298. The van der Waals surface area contributed by atoms with Crippen LogP contribution in [-0.2, 0) is 6.42 Å². The molecule has 108 valence electrons. The van der Waals surface area contributed by atoms with Gasteiger partial charge in [0.2, 0.25) is 0 Å². The molecule has 2 aromatic rings. The Hall–Kier alpha value is -0.840. The van der Waals surface area contributed by atoms with Crippen LogP contribution < -0.4 is 0 Å². The lowest BCUT2D eigenvalue weighted by atomic mass is 10.2. The summed E-state index contributed by atoms with van der Waals surface area (Å²) in [6.45, 7) is 4.40. The Labute approximate surface area is 129 Å². The van der Waals surface area contributed by atoms with Crippen LogP contribution in [0.4, 0.5) is 0 Å². The summed E-state index contributed by atoms with van der Waals surface area (Å²) < 4.78 is 0. The number of hydrogen-bond acceptors (Lipinski definition) is 4. The van der Waals surface area contributed by atoms with Crippen molar-refractivity contribution in [3.63, 3.8) is 0 Å². The third-order valence-corrected chi connectivity index (χ3v) is 5.19. The molecule has 0 bridgehead atoms. The van der Waals surface area contributed by atoms with Gasteiger partial charge in [0.05, 0.1) is 16.8 Å². The average Bonchev–Trinajstić information content (AvgIpc) is 2.88. The van der Waals surface area contributed by atoms with Crippen LogP contribution >= 0.6 is 23.1 Å². The molecule has 0 aliphatic heterocycles. The van der Waals surface area contributed by atoms with Gasteiger partial charge in [-0.25, -0.2) is 4.98 Å². The van der Waals surface area contributed by atoms with Crippen LogP contribution in [0.3, 0.4) is 0 Å². The normalized spacial score (nSPS) is 12.8. The average molecular weight is 307 g/mol. The van der Waals surface area contributed by atoms with Gasteiger partial charge in [-0.2, -0.15) is 11.8 Å². The number of aromatic nitrogens is 1. The van der Waals surface area contributed by atoms with Crippen molar-refractivity contribution in [2.24, 2.45) is 5.92 Å². The van der Waals surface area contributed by atoms with E-state index in [1.54, 1.807) is 11.3 Å². The Morgan fingerprint density at radius 2 is 1.95 bits per heavy atom. The standard InChI is InChI=1S/C16H21NOS2/c1-12(2)9-19-10-14(18)8-16-17-15(11-20-16)13-6-4-3-5-7-13/h3-7,11-12,14,18H,8-10H2,1-2H3. The van der Waals surface area contributed by atoms with Gasteiger partial charge in [0.25, 0.3) is 0 Å². The number of hydrogen-bond donors (Lipinski definition) is 1. The lowest BCUT2D eigenvalue weighted by Gasteiger charge is -2.09. The summed E-state index contributed by atoms with van der Waals surface area (Å²) in [6.07, 6.45) is 0.358. The first-order chi connectivity index (χ1) is 9.65. The highest BCUT2D eigenvalue weighted by Gasteiger charge is 2.10. The van der Waals surface area contributed by atoms with Crippen LogP contribution in [0, 0.1) is 5.92 Å². The Morgan fingerprint density at radius 3 is 2.65 bits per heavy atom. The van der Waals surface area contributed by atoms with Crippen molar-refractivity contribution in [3.8, 4) is 11.3 Å². The van der Waals surface area contributed by atoms with E-state index in [0.29, 0.717) is 12.3 Å². The largest absolute Gasteiger partial charge is 0.392 e. The van der Waals surface area contributed by atoms with E-state index in [4.69, 9.17) is 0 Å². The first-order valence-electron chi connectivity index (χ1n) is 6.90. The number of thiazole rings is 1. The van der Waals surface area contributed by atoms with Crippen molar-refractivity contribution in [1.82, 2.24) is 4.98 Å². The SMILES string of the molecule is CC(C)CSCC(O)Cc1nc(-c2ccccc2)cs1. The summed E-state index contributed by atoms with van der Waals surface area (Å²) in [5.74, 6) is 2.57. The molecule has 0 fully saturated rings. The van der Waals surface area contributed by atoms with Crippen molar-refractivity contribution in [3.05, 3.63) is 40.7 Å². The molecule has 0 saturated heterocycles. The summed E-state index contributed by atoms with van der Waals surface area (Å²) in [5, 5.41) is 13.1. The van der Waals surface area contributed by atoms with E-state index in [-0.39, 0.29) is 6.10 Å². The van der Waals surface area contributed by atoms with Gasteiger partial charge in [-0.1, -0.05) is 44.2 Å². The lowest BCUT2D eigenvalue weighted by Crippen LogP contribution is -2.14. The van der Waals surface area contributed by atoms with Crippen LogP contribution in [0.2, 0.25) is 0 Å². The fourth-order valence-corrected chi connectivity index (χ4v) is 3.72. The van der Waals surface area contributed by atoms with E-state index in [9.17, 15) is 5.11 Å². The van der Waals surface area contributed by atoms with E-state index < -0.39 is 0 Å². The molecule has 0 spiro atoms. The molecule has 1 aromatic heterocycles. The zero-order valence-corrected chi connectivity index (χ0v) is 13.6. The fourth-order valence-electron chi connectivity index (χ4n) is 1.85. The Morgan fingerprint density at radius 1 is 1.20 bits per heavy atom. The van der Waals surface area contributed by atoms with Crippen molar-refractivity contribution in [2.45, 2.75) is 26.4 Å². The number of benzene rings is 1. The molecule has 1 heterocycles. The van der Waals surface area contributed by atoms with Crippen LogP contribution in [-0.4, -0.2) is 27.7 Å². The Kier molecular flexibility index (Phi) is 6.07. The third-order valence-electron chi connectivity index (χ3n) is 2.79. The highest BCUT2D eigenvalue weighted by atomic mass is 32.2. The molecule has 0 saturated carbocycles. The Bertz CT molecular complexity index is 510. The second-order valence-electron chi connectivity index (χ2n) is 5.28. The number of aliphatic hydroxyl groups is 1. The van der Waals surface area contributed by atoms with Crippen molar-refractivity contribution < 1.29 is 5.11 Å². The molecular formula is C16H21NOS2. The summed E-state index contributed by atoms with van der Waals surface area (Å²) in [7, 11) is 0. The summed E-state index contributed by atoms with van der Waals surface area (Å²) in [5.41, 5.74) is 2.14. The number of nitrogens with zero attached hydrogens (tertiary/aromatic N) is 1. The molecule has 2 rings (SSSR count). The summed E-state index contributed by atoms with van der Waals surface area (Å²) in [6, 6.07) is 10.2. The predicted octanol–water partition coefficient (Wildman–Crippen LogP) is 4.10. The van der Waals surface area contributed by atoms with E-state index >= 15 is 0 Å². The smallest absolute Gasteiger partial charge is 0.0958 e. The first-order valence-corrected chi connectivity index (χ1v) is 8.94. The monoisotopic (exact) mass is 307 g/mol. The van der Waals surface area contributed by atoms with Gasteiger partial charge >= 0.3 is 0 Å². The maximum atomic E-state index is 10.0. The molecule has 1 unspecified atom stereocenters. The van der Waals surface area contributed by atoms with Crippen LogP contribution in [0.5, 0.6) is 0 Å². The predicted molar refractivity (Wildman–Crippen MR) is 89.4 cm³/mol. The van der Waals surface area contributed by atoms with Gasteiger partial charge in [0.15, 0.2) is 0 Å². The molecule has 0 aliphatic rings. The molecule has 1 aromatic carbocycles. The van der Waals surface area contributed by atoms with E-state index in [1.165, 1.54) is 0 Å². The molecule has 0 aliphatic carbocycles. The van der Waals surface area contributed by atoms with Crippen LogP contribution in [0.15, 0.2) is 35.7 Å². The van der Waals surface area contributed by atoms with Gasteiger partial charge in [-0.05, 0) is 11.7 Å². The van der Waals surface area contributed by atoms with Crippen LogP contribution in [0.25, 0.3) is 11.3 Å². The van der Waals surface area contributed by atoms with Gasteiger partial charge in [-0.3, -0.25) is 0 Å². The minimum Gasteiger partial charge on any atom is -0.392 e. The van der Waals surface area contributed by atoms with E-state index in [0.717, 1.165) is 27.8 Å². The van der Waals surface area contributed by atoms with Gasteiger partial charge in [0.1, 0.15) is 0 Å².